The molecule has 0 aliphatic carbocycles. The third kappa shape index (κ3) is 3.50. The van der Waals surface area contributed by atoms with Crippen molar-refractivity contribution in [1.29, 1.82) is 5.26 Å². The number of hydrogen-bond acceptors (Lipinski definition) is 4. The van der Waals surface area contributed by atoms with Gasteiger partial charge in [0.15, 0.2) is 0 Å². The Bertz CT molecular complexity index is 642. The van der Waals surface area contributed by atoms with Crippen molar-refractivity contribution in [3.05, 3.63) is 57.8 Å². The maximum absolute atomic E-state index is 12.3. The van der Waals surface area contributed by atoms with E-state index in [9.17, 15) is 4.79 Å². The Balaban J connectivity index is 2.38. The smallest absolute Gasteiger partial charge is 0.318 e. The molecule has 4 heteroatoms. The molecule has 2 unspecified atom stereocenters. The zero-order valence-corrected chi connectivity index (χ0v) is 12.9. The number of nitriles is 1. The summed E-state index contributed by atoms with van der Waals surface area (Å²) in [6.45, 7) is 4.02. The standard InChI is InChI=1S/C17H17NO2S/c1-3-20-17(19)16(13-7-5-4-6-8-13)15-10-9-14(21-15)12(2)11-18/h4-10,12,16H,3H2,1-2H3. The number of thiophene rings is 1. The minimum Gasteiger partial charge on any atom is -0.465 e. The first-order valence-corrected chi connectivity index (χ1v) is 7.69. The molecular formula is C17H17NO2S. The first-order chi connectivity index (χ1) is 10.2. The molecule has 0 aliphatic heterocycles. The van der Waals surface area contributed by atoms with Crippen molar-refractivity contribution in [3.8, 4) is 6.07 Å². The van der Waals surface area contributed by atoms with E-state index >= 15 is 0 Å². The number of benzene rings is 1. The summed E-state index contributed by atoms with van der Waals surface area (Å²) in [4.78, 5) is 14.2. The SMILES string of the molecule is CCOC(=O)C(c1ccccc1)c1ccc(C(C)C#N)s1. The number of hydrogen-bond donors (Lipinski definition) is 0. The van der Waals surface area contributed by atoms with Crippen LogP contribution in [0.5, 0.6) is 0 Å². The molecule has 21 heavy (non-hydrogen) atoms. The van der Waals surface area contributed by atoms with E-state index in [1.165, 1.54) is 11.3 Å². The summed E-state index contributed by atoms with van der Waals surface area (Å²) < 4.78 is 5.21. The van der Waals surface area contributed by atoms with Gasteiger partial charge < -0.3 is 4.74 Å². The summed E-state index contributed by atoms with van der Waals surface area (Å²) >= 11 is 1.50. The van der Waals surface area contributed by atoms with Crippen LogP contribution in [0.2, 0.25) is 0 Å². The fourth-order valence-corrected chi connectivity index (χ4v) is 3.23. The van der Waals surface area contributed by atoms with Crippen LogP contribution in [0, 0.1) is 11.3 Å². The highest BCUT2D eigenvalue weighted by Crippen LogP contribution is 2.34. The van der Waals surface area contributed by atoms with E-state index in [4.69, 9.17) is 10.00 Å². The van der Waals surface area contributed by atoms with E-state index in [2.05, 4.69) is 6.07 Å². The highest BCUT2D eigenvalue weighted by Gasteiger charge is 2.26. The van der Waals surface area contributed by atoms with Gasteiger partial charge in [0, 0.05) is 9.75 Å². The van der Waals surface area contributed by atoms with Crippen molar-refractivity contribution in [2.24, 2.45) is 0 Å². The molecule has 2 aromatic rings. The zero-order chi connectivity index (χ0) is 15.2. The molecule has 1 heterocycles. The summed E-state index contributed by atoms with van der Waals surface area (Å²) in [7, 11) is 0. The van der Waals surface area contributed by atoms with Gasteiger partial charge in [-0.2, -0.15) is 5.26 Å². The van der Waals surface area contributed by atoms with Crippen LogP contribution >= 0.6 is 11.3 Å². The lowest BCUT2D eigenvalue weighted by atomic mass is 9.97. The van der Waals surface area contributed by atoms with Gasteiger partial charge in [0.1, 0.15) is 5.92 Å². The largest absolute Gasteiger partial charge is 0.465 e. The number of carbonyl (C=O) groups excluding carboxylic acids is 1. The van der Waals surface area contributed by atoms with Crippen molar-refractivity contribution in [3.63, 3.8) is 0 Å². The van der Waals surface area contributed by atoms with Crippen molar-refractivity contribution in [2.75, 3.05) is 6.61 Å². The molecule has 0 aliphatic rings. The second-order valence-electron chi connectivity index (χ2n) is 4.69. The van der Waals surface area contributed by atoms with Gasteiger partial charge in [0.05, 0.1) is 18.6 Å². The third-order valence-electron chi connectivity index (χ3n) is 3.21. The van der Waals surface area contributed by atoms with Gasteiger partial charge in [-0.25, -0.2) is 0 Å². The predicted octanol–water partition coefficient (Wildman–Crippen LogP) is 4.07. The molecule has 0 bridgehead atoms. The summed E-state index contributed by atoms with van der Waals surface area (Å²) in [6, 6.07) is 15.7. The first-order valence-electron chi connectivity index (χ1n) is 6.88. The summed E-state index contributed by atoms with van der Waals surface area (Å²) in [5, 5.41) is 9.01. The molecule has 1 aromatic heterocycles. The Hall–Kier alpha value is -2.12. The van der Waals surface area contributed by atoms with Crippen molar-refractivity contribution >= 4 is 17.3 Å². The Morgan fingerprint density at radius 3 is 2.52 bits per heavy atom. The van der Waals surface area contributed by atoms with Gasteiger partial charge in [0.25, 0.3) is 0 Å². The van der Waals surface area contributed by atoms with E-state index in [1.54, 1.807) is 6.92 Å². The Morgan fingerprint density at radius 1 is 1.24 bits per heavy atom. The lowest BCUT2D eigenvalue weighted by Crippen LogP contribution is -2.16. The van der Waals surface area contributed by atoms with E-state index in [0.717, 1.165) is 15.3 Å². The zero-order valence-electron chi connectivity index (χ0n) is 12.1. The Kier molecular flexibility index (Phi) is 5.13. The summed E-state index contributed by atoms with van der Waals surface area (Å²) in [5.41, 5.74) is 0.911. The van der Waals surface area contributed by atoms with Crippen LogP contribution in [0.3, 0.4) is 0 Å². The van der Waals surface area contributed by atoms with Gasteiger partial charge in [-0.1, -0.05) is 30.3 Å². The Morgan fingerprint density at radius 2 is 1.90 bits per heavy atom. The lowest BCUT2D eigenvalue weighted by molar-refractivity contribution is -0.143. The average Bonchev–Trinajstić information content (AvgIpc) is 2.97. The number of ether oxygens (including phenoxy) is 1. The summed E-state index contributed by atoms with van der Waals surface area (Å²) in [5.74, 6) is -0.833. The average molecular weight is 299 g/mol. The molecule has 2 atom stereocenters. The van der Waals surface area contributed by atoms with E-state index in [1.807, 2.05) is 49.4 Å². The second-order valence-corrected chi connectivity index (χ2v) is 5.83. The van der Waals surface area contributed by atoms with E-state index < -0.39 is 5.92 Å². The van der Waals surface area contributed by atoms with Crippen LogP contribution in [0.25, 0.3) is 0 Å². The molecule has 0 saturated heterocycles. The lowest BCUT2D eigenvalue weighted by Gasteiger charge is -2.14. The molecule has 2 rings (SSSR count). The van der Waals surface area contributed by atoms with Crippen molar-refractivity contribution in [1.82, 2.24) is 0 Å². The molecule has 0 saturated carbocycles. The molecule has 0 radical (unpaired) electrons. The fourth-order valence-electron chi connectivity index (χ4n) is 2.11. The number of nitrogens with zero attached hydrogens (tertiary/aromatic N) is 1. The normalized spacial score (nSPS) is 13.2. The van der Waals surface area contributed by atoms with Crippen LogP contribution in [-0.2, 0) is 9.53 Å². The maximum atomic E-state index is 12.3. The van der Waals surface area contributed by atoms with Crippen LogP contribution in [-0.4, -0.2) is 12.6 Å². The summed E-state index contributed by atoms with van der Waals surface area (Å²) in [6.07, 6.45) is 0. The van der Waals surface area contributed by atoms with Crippen LogP contribution in [0.4, 0.5) is 0 Å². The molecule has 0 amide bonds. The van der Waals surface area contributed by atoms with Crippen molar-refractivity contribution < 1.29 is 9.53 Å². The van der Waals surface area contributed by atoms with E-state index in [0.29, 0.717) is 6.61 Å². The molecule has 0 fully saturated rings. The Labute approximate surface area is 128 Å². The van der Waals surface area contributed by atoms with Crippen LogP contribution in [0.15, 0.2) is 42.5 Å². The third-order valence-corrected chi connectivity index (χ3v) is 4.54. The monoisotopic (exact) mass is 299 g/mol. The highest BCUT2D eigenvalue weighted by molar-refractivity contribution is 7.12. The molecule has 0 spiro atoms. The molecule has 1 aromatic carbocycles. The van der Waals surface area contributed by atoms with E-state index in [-0.39, 0.29) is 11.9 Å². The predicted molar refractivity (Wildman–Crippen MR) is 83.3 cm³/mol. The van der Waals surface area contributed by atoms with Crippen LogP contribution < -0.4 is 0 Å². The molecule has 3 nitrogen and oxygen atoms in total. The van der Waals surface area contributed by atoms with Gasteiger partial charge in [0.2, 0.25) is 0 Å². The van der Waals surface area contributed by atoms with Gasteiger partial charge in [-0.3, -0.25) is 4.79 Å². The van der Waals surface area contributed by atoms with Gasteiger partial charge in [-0.15, -0.1) is 11.3 Å². The second kappa shape index (κ2) is 7.05. The van der Waals surface area contributed by atoms with Gasteiger partial charge >= 0.3 is 5.97 Å². The quantitative estimate of drug-likeness (QED) is 0.782. The minimum absolute atomic E-state index is 0.164. The fraction of sp³-hybridized carbons (Fsp3) is 0.294. The molecule has 108 valence electrons. The molecule has 0 N–H and O–H groups in total. The van der Waals surface area contributed by atoms with Gasteiger partial charge in [-0.05, 0) is 31.5 Å². The van der Waals surface area contributed by atoms with Crippen LogP contribution in [0.1, 0.15) is 41.0 Å². The molecular weight excluding hydrogens is 282 g/mol. The topological polar surface area (TPSA) is 50.1 Å². The first kappa shape index (κ1) is 15.3. The number of rotatable bonds is 5. The minimum atomic E-state index is -0.421. The maximum Gasteiger partial charge on any atom is 0.318 e. The number of esters is 1. The number of carbonyl (C=O) groups is 1. The van der Waals surface area contributed by atoms with Crippen molar-refractivity contribution in [2.45, 2.75) is 25.7 Å². The highest BCUT2D eigenvalue weighted by atomic mass is 32.1.